The lowest BCUT2D eigenvalue weighted by atomic mass is 10.1. The van der Waals surface area contributed by atoms with Crippen molar-refractivity contribution in [2.24, 2.45) is 0 Å². The number of hydrogen-bond acceptors (Lipinski definition) is 4. The molecule has 0 bridgehead atoms. The highest BCUT2D eigenvalue weighted by Crippen LogP contribution is 2.32. The Morgan fingerprint density at radius 2 is 1.95 bits per heavy atom. The van der Waals surface area contributed by atoms with Crippen LogP contribution in [0.3, 0.4) is 0 Å². The fourth-order valence-corrected chi connectivity index (χ4v) is 2.38. The summed E-state index contributed by atoms with van der Waals surface area (Å²) < 4.78 is 5.66. The van der Waals surface area contributed by atoms with Gasteiger partial charge in [-0.3, -0.25) is 4.79 Å². The second kappa shape index (κ2) is 4.97. The van der Waals surface area contributed by atoms with Crippen molar-refractivity contribution in [1.29, 1.82) is 5.26 Å². The molecule has 0 fully saturated rings. The van der Waals surface area contributed by atoms with Crippen LogP contribution in [0.2, 0.25) is 5.02 Å². The van der Waals surface area contributed by atoms with Crippen LogP contribution >= 0.6 is 11.6 Å². The molecule has 0 radical (unpaired) electrons. The maximum atomic E-state index is 12.2. The van der Waals surface area contributed by atoms with Gasteiger partial charge in [0.05, 0.1) is 22.0 Å². The highest BCUT2D eigenvalue weighted by molar-refractivity contribution is 6.36. The first-order valence-corrected chi connectivity index (χ1v) is 6.44. The van der Waals surface area contributed by atoms with Gasteiger partial charge in [-0.2, -0.15) is 5.26 Å². The maximum Gasteiger partial charge on any atom is 0.194 e. The van der Waals surface area contributed by atoms with Crippen LogP contribution in [-0.2, 0) is 0 Å². The molecule has 102 valence electrons. The third-order valence-corrected chi connectivity index (χ3v) is 3.51. The quantitative estimate of drug-likeness (QED) is 0.743. The number of aromatic hydroxyl groups is 1. The fraction of sp³-hybridized carbons (Fsp3) is 0. The van der Waals surface area contributed by atoms with Crippen molar-refractivity contribution in [2.75, 3.05) is 0 Å². The molecule has 1 N–H and O–H groups in total. The summed E-state index contributed by atoms with van der Waals surface area (Å²) in [6.07, 6.45) is 0. The smallest absolute Gasteiger partial charge is 0.194 e. The molecule has 0 unspecified atom stereocenters. The van der Waals surface area contributed by atoms with E-state index < -0.39 is 0 Å². The van der Waals surface area contributed by atoms with Gasteiger partial charge in [0.25, 0.3) is 0 Å². The number of phenolic OH excluding ortho intramolecular Hbond substituents is 1. The molecule has 0 aliphatic carbocycles. The molecule has 3 rings (SSSR count). The predicted molar refractivity (Wildman–Crippen MR) is 79.3 cm³/mol. The van der Waals surface area contributed by atoms with Gasteiger partial charge in [0.1, 0.15) is 17.1 Å². The normalized spacial score (nSPS) is 10.5. The molecule has 0 spiro atoms. The molecule has 1 aromatic heterocycles. The molecule has 5 heteroatoms. The van der Waals surface area contributed by atoms with Gasteiger partial charge < -0.3 is 9.52 Å². The third kappa shape index (κ3) is 2.14. The number of phenols is 1. The SMILES string of the molecule is N#Cc1ccccc1-c1cc(=O)c2c(Cl)c(O)ccc2o1. The zero-order valence-corrected chi connectivity index (χ0v) is 11.4. The molecule has 0 saturated heterocycles. The lowest BCUT2D eigenvalue weighted by Crippen LogP contribution is -2.01. The first-order chi connectivity index (χ1) is 10.1. The molecule has 3 aromatic rings. The van der Waals surface area contributed by atoms with Crippen LogP contribution in [0.25, 0.3) is 22.3 Å². The number of nitriles is 1. The minimum Gasteiger partial charge on any atom is -0.506 e. The molecule has 0 saturated carbocycles. The zero-order chi connectivity index (χ0) is 15.0. The summed E-state index contributed by atoms with van der Waals surface area (Å²) in [6, 6.07) is 13.0. The van der Waals surface area contributed by atoms with Crippen molar-refractivity contribution < 1.29 is 9.52 Å². The Balaban J connectivity index is 2.35. The van der Waals surface area contributed by atoms with Crippen LogP contribution < -0.4 is 5.43 Å². The second-order valence-corrected chi connectivity index (χ2v) is 4.78. The Morgan fingerprint density at radius 3 is 2.71 bits per heavy atom. The van der Waals surface area contributed by atoms with Crippen LogP contribution in [-0.4, -0.2) is 5.11 Å². The Bertz CT molecular complexity index is 954. The highest BCUT2D eigenvalue weighted by Gasteiger charge is 2.14. The minimum atomic E-state index is -0.375. The highest BCUT2D eigenvalue weighted by atomic mass is 35.5. The molecule has 0 aliphatic rings. The van der Waals surface area contributed by atoms with Crippen molar-refractivity contribution in [2.45, 2.75) is 0 Å². The molecule has 21 heavy (non-hydrogen) atoms. The van der Waals surface area contributed by atoms with Crippen molar-refractivity contribution >= 4 is 22.6 Å². The average molecular weight is 298 g/mol. The van der Waals surface area contributed by atoms with E-state index in [1.807, 2.05) is 0 Å². The van der Waals surface area contributed by atoms with E-state index in [1.165, 1.54) is 18.2 Å². The lowest BCUT2D eigenvalue weighted by molar-refractivity contribution is 0.476. The summed E-state index contributed by atoms with van der Waals surface area (Å²) in [6.45, 7) is 0. The molecule has 2 aromatic carbocycles. The molecule has 1 heterocycles. The summed E-state index contributed by atoms with van der Waals surface area (Å²) in [4.78, 5) is 12.2. The summed E-state index contributed by atoms with van der Waals surface area (Å²) in [5.41, 5.74) is 0.820. The number of fused-ring (bicyclic) bond motifs is 1. The first kappa shape index (κ1) is 13.2. The standard InChI is InChI=1S/C16H8ClNO3/c17-16-11(19)5-6-13-15(16)12(20)7-14(21-13)10-4-2-1-3-9(10)8-18/h1-7,19H. The predicted octanol–water partition coefficient (Wildman–Crippen LogP) is 3.69. The summed E-state index contributed by atoms with van der Waals surface area (Å²) in [5, 5.41) is 18.8. The van der Waals surface area contributed by atoms with Crippen LogP contribution in [0.15, 0.2) is 51.7 Å². The largest absolute Gasteiger partial charge is 0.506 e. The first-order valence-electron chi connectivity index (χ1n) is 6.06. The monoisotopic (exact) mass is 297 g/mol. The summed E-state index contributed by atoms with van der Waals surface area (Å²) in [5.74, 6) is 0.105. The van der Waals surface area contributed by atoms with E-state index in [0.29, 0.717) is 11.1 Å². The number of nitrogens with zero attached hydrogens (tertiary/aromatic N) is 1. The van der Waals surface area contributed by atoms with Crippen LogP contribution in [0.5, 0.6) is 5.75 Å². The van der Waals surface area contributed by atoms with Gasteiger partial charge in [-0.25, -0.2) is 0 Å². The number of benzene rings is 2. The van der Waals surface area contributed by atoms with Crippen molar-refractivity contribution in [3.63, 3.8) is 0 Å². The summed E-state index contributed by atoms with van der Waals surface area (Å²) in [7, 11) is 0. The van der Waals surface area contributed by atoms with Gasteiger partial charge in [-0.1, -0.05) is 23.7 Å². The molecule has 0 amide bonds. The second-order valence-electron chi connectivity index (χ2n) is 4.40. The molecule has 4 nitrogen and oxygen atoms in total. The fourth-order valence-electron chi connectivity index (χ4n) is 2.13. The van der Waals surface area contributed by atoms with Gasteiger partial charge in [0.15, 0.2) is 5.43 Å². The number of rotatable bonds is 1. The van der Waals surface area contributed by atoms with Crippen LogP contribution in [0.1, 0.15) is 5.56 Å². The molecular weight excluding hydrogens is 290 g/mol. The van der Waals surface area contributed by atoms with Crippen molar-refractivity contribution in [3.8, 4) is 23.1 Å². The Hall–Kier alpha value is -2.77. The average Bonchev–Trinajstić information content (AvgIpc) is 2.50. The van der Waals surface area contributed by atoms with Gasteiger partial charge >= 0.3 is 0 Å². The van der Waals surface area contributed by atoms with Gasteiger partial charge in [0.2, 0.25) is 0 Å². The third-order valence-electron chi connectivity index (χ3n) is 3.12. The van der Waals surface area contributed by atoms with Gasteiger partial charge in [-0.05, 0) is 24.3 Å². The molecule has 0 aliphatic heterocycles. The van der Waals surface area contributed by atoms with E-state index in [0.717, 1.165) is 0 Å². The molecular formula is C16H8ClNO3. The van der Waals surface area contributed by atoms with E-state index in [2.05, 4.69) is 6.07 Å². The van der Waals surface area contributed by atoms with E-state index in [9.17, 15) is 9.90 Å². The number of hydrogen-bond donors (Lipinski definition) is 1. The Kier molecular flexibility index (Phi) is 3.13. The van der Waals surface area contributed by atoms with E-state index in [-0.39, 0.29) is 32.9 Å². The van der Waals surface area contributed by atoms with Crippen LogP contribution in [0.4, 0.5) is 0 Å². The number of halogens is 1. The van der Waals surface area contributed by atoms with Crippen molar-refractivity contribution in [1.82, 2.24) is 0 Å². The van der Waals surface area contributed by atoms with E-state index in [1.54, 1.807) is 24.3 Å². The lowest BCUT2D eigenvalue weighted by Gasteiger charge is -2.06. The Morgan fingerprint density at radius 1 is 1.19 bits per heavy atom. The van der Waals surface area contributed by atoms with Crippen LogP contribution in [0, 0.1) is 11.3 Å². The summed E-state index contributed by atoms with van der Waals surface area (Å²) >= 11 is 5.93. The minimum absolute atomic E-state index is 0.0404. The van der Waals surface area contributed by atoms with Gasteiger partial charge in [0, 0.05) is 11.6 Å². The maximum absolute atomic E-state index is 12.2. The Labute approximate surface area is 124 Å². The molecule has 0 atom stereocenters. The van der Waals surface area contributed by atoms with E-state index in [4.69, 9.17) is 21.3 Å². The topological polar surface area (TPSA) is 74.2 Å². The van der Waals surface area contributed by atoms with E-state index >= 15 is 0 Å². The van der Waals surface area contributed by atoms with Gasteiger partial charge in [-0.15, -0.1) is 0 Å². The van der Waals surface area contributed by atoms with Crippen molar-refractivity contribution in [3.05, 3.63) is 63.3 Å². The zero-order valence-electron chi connectivity index (χ0n) is 10.6.